The highest BCUT2D eigenvalue weighted by Crippen LogP contribution is 2.44. The van der Waals surface area contributed by atoms with Crippen LogP contribution in [0.1, 0.15) is 0 Å². The van der Waals surface area contributed by atoms with E-state index in [9.17, 15) is 0 Å². The quantitative estimate of drug-likeness (QED) is 0.177. The number of benzene rings is 9. The number of furan rings is 1. The average molecular weight is 827 g/mol. The minimum atomic E-state index is 0.590. The minimum absolute atomic E-state index is 0.590. The number of para-hydroxylation sites is 2. The van der Waals surface area contributed by atoms with Gasteiger partial charge in [0, 0.05) is 84.3 Å². The van der Waals surface area contributed by atoms with Crippen LogP contribution in [0.25, 0.3) is 135 Å². The smallest absolute Gasteiger partial charge is 0.165 e. The second-order valence-electron chi connectivity index (χ2n) is 16.0. The van der Waals surface area contributed by atoms with Crippen LogP contribution in [0.5, 0.6) is 0 Å². The third kappa shape index (κ3) is 5.03. The zero-order valence-corrected chi connectivity index (χ0v) is 34.5. The van der Waals surface area contributed by atoms with Gasteiger partial charge in [-0.15, -0.1) is 22.7 Å². The lowest BCUT2D eigenvalue weighted by Gasteiger charge is -2.13. The van der Waals surface area contributed by atoms with Gasteiger partial charge in [-0.25, -0.2) is 15.0 Å². The first-order valence-corrected chi connectivity index (χ1v) is 22.3. The van der Waals surface area contributed by atoms with Crippen molar-refractivity contribution in [1.29, 1.82) is 0 Å². The summed E-state index contributed by atoms with van der Waals surface area (Å²) in [6.45, 7) is 0. The molecule has 0 fully saturated rings. The van der Waals surface area contributed by atoms with Gasteiger partial charge in [0.15, 0.2) is 17.5 Å². The summed E-state index contributed by atoms with van der Waals surface area (Å²) in [7, 11) is 0. The molecule has 5 heterocycles. The van der Waals surface area contributed by atoms with Crippen LogP contribution in [-0.2, 0) is 0 Å². The molecule has 0 radical (unpaired) electrons. The van der Waals surface area contributed by atoms with E-state index in [1.54, 1.807) is 22.7 Å². The van der Waals surface area contributed by atoms with Crippen molar-refractivity contribution in [3.05, 3.63) is 182 Å². The molecule has 0 N–H and O–H groups in total. The van der Waals surface area contributed by atoms with Gasteiger partial charge in [0.05, 0.1) is 11.0 Å². The first kappa shape index (κ1) is 34.0. The van der Waals surface area contributed by atoms with Crippen LogP contribution in [0.4, 0.5) is 0 Å². The Labute approximate surface area is 361 Å². The van der Waals surface area contributed by atoms with Gasteiger partial charge >= 0.3 is 0 Å². The van der Waals surface area contributed by atoms with Crippen LogP contribution in [0.15, 0.2) is 186 Å². The Balaban J connectivity index is 1.06. The molecule has 288 valence electrons. The molecule has 0 bridgehead atoms. The van der Waals surface area contributed by atoms with E-state index >= 15 is 0 Å². The van der Waals surface area contributed by atoms with Crippen molar-refractivity contribution < 1.29 is 4.42 Å². The van der Waals surface area contributed by atoms with Gasteiger partial charge in [0.25, 0.3) is 0 Å². The maximum absolute atomic E-state index is 6.40. The Hall–Kier alpha value is -7.71. The normalized spacial score (nSPS) is 12.2. The Morgan fingerprint density at radius 3 is 1.79 bits per heavy atom. The van der Waals surface area contributed by atoms with Gasteiger partial charge in [0.2, 0.25) is 0 Å². The third-order valence-corrected chi connectivity index (χ3v) is 14.8. The molecule has 62 heavy (non-hydrogen) atoms. The average Bonchev–Trinajstić information content (AvgIpc) is 4.08. The second kappa shape index (κ2) is 12.9. The molecular weight excluding hydrogens is 797 g/mol. The summed E-state index contributed by atoms with van der Waals surface area (Å²) in [4.78, 5) is 16.1. The molecule has 0 saturated carbocycles. The van der Waals surface area contributed by atoms with Gasteiger partial charge in [-0.3, -0.25) is 0 Å². The molecule has 0 aliphatic heterocycles. The first-order chi connectivity index (χ1) is 30.7. The van der Waals surface area contributed by atoms with Crippen molar-refractivity contribution in [2.24, 2.45) is 0 Å². The highest BCUT2D eigenvalue weighted by Gasteiger charge is 2.22. The largest absolute Gasteiger partial charge is 0.456 e. The van der Waals surface area contributed by atoms with Crippen molar-refractivity contribution in [3.63, 3.8) is 0 Å². The highest BCUT2D eigenvalue weighted by atomic mass is 32.1. The van der Waals surface area contributed by atoms with Crippen molar-refractivity contribution in [1.82, 2.24) is 19.5 Å². The summed E-state index contributed by atoms with van der Waals surface area (Å²) >= 11 is 3.58. The Kier molecular flexibility index (Phi) is 7.08. The molecule has 0 amide bonds. The molecular formula is C55H30N4OS2. The van der Waals surface area contributed by atoms with E-state index in [1.807, 2.05) is 18.2 Å². The molecule has 0 spiro atoms. The number of hydrogen-bond donors (Lipinski definition) is 0. The van der Waals surface area contributed by atoms with Crippen molar-refractivity contribution >= 4 is 118 Å². The van der Waals surface area contributed by atoms with E-state index in [1.165, 1.54) is 57.2 Å². The topological polar surface area (TPSA) is 56.7 Å². The van der Waals surface area contributed by atoms with Gasteiger partial charge in [-0.2, -0.15) is 0 Å². The number of rotatable bonds is 4. The predicted octanol–water partition coefficient (Wildman–Crippen LogP) is 15.8. The summed E-state index contributed by atoms with van der Waals surface area (Å²) in [5, 5.41) is 11.9. The van der Waals surface area contributed by atoms with Gasteiger partial charge in [0.1, 0.15) is 11.2 Å². The molecule has 0 aliphatic rings. The van der Waals surface area contributed by atoms with E-state index < -0.39 is 0 Å². The molecule has 0 unspecified atom stereocenters. The van der Waals surface area contributed by atoms with Gasteiger partial charge < -0.3 is 8.98 Å². The molecule has 14 aromatic rings. The van der Waals surface area contributed by atoms with E-state index in [-0.39, 0.29) is 0 Å². The molecule has 0 aliphatic carbocycles. The van der Waals surface area contributed by atoms with Crippen LogP contribution >= 0.6 is 22.7 Å². The summed E-state index contributed by atoms with van der Waals surface area (Å²) in [6.07, 6.45) is 0. The highest BCUT2D eigenvalue weighted by molar-refractivity contribution is 7.26. The van der Waals surface area contributed by atoms with Crippen LogP contribution in [-0.4, -0.2) is 19.5 Å². The van der Waals surface area contributed by atoms with Crippen molar-refractivity contribution in [3.8, 4) is 39.9 Å². The summed E-state index contributed by atoms with van der Waals surface area (Å²) in [5.41, 5.74) is 7.78. The standard InChI is InChI=1S/C55H30N4OS2/c1-2-12-32-26-46-42(25-31(32)11-1)36-13-3-7-17-45(36)59(46)35-29-43-40-16-6-10-20-50(40)62-52(43)44(30-35)55-57-53(33-21-23-38-37-14-4-8-18-47(37)60-48(38)27-33)56-54(58-55)34-22-24-41-39-15-5-9-19-49(39)61-51(41)28-34/h1-30H. The fourth-order valence-electron chi connectivity index (χ4n) is 9.52. The lowest BCUT2D eigenvalue weighted by molar-refractivity contribution is 0.669. The van der Waals surface area contributed by atoms with Crippen molar-refractivity contribution in [2.75, 3.05) is 0 Å². The zero-order chi connectivity index (χ0) is 40.5. The lowest BCUT2D eigenvalue weighted by atomic mass is 10.1. The van der Waals surface area contributed by atoms with E-state index in [2.05, 4.69) is 168 Å². The predicted molar refractivity (Wildman–Crippen MR) is 261 cm³/mol. The molecule has 5 nitrogen and oxygen atoms in total. The molecule has 0 saturated heterocycles. The molecule has 9 aromatic carbocycles. The number of hydrogen-bond acceptors (Lipinski definition) is 6. The Bertz CT molecular complexity index is 4060. The third-order valence-electron chi connectivity index (χ3n) is 12.4. The van der Waals surface area contributed by atoms with Crippen LogP contribution in [0, 0.1) is 0 Å². The molecule has 14 rings (SSSR count). The molecule has 0 atom stereocenters. The van der Waals surface area contributed by atoms with Crippen LogP contribution in [0.3, 0.4) is 0 Å². The fourth-order valence-corrected chi connectivity index (χ4v) is 11.9. The Morgan fingerprint density at radius 1 is 0.371 bits per heavy atom. The van der Waals surface area contributed by atoms with Crippen LogP contribution < -0.4 is 0 Å². The summed E-state index contributed by atoms with van der Waals surface area (Å²) in [6, 6.07) is 65.0. The minimum Gasteiger partial charge on any atom is -0.456 e. The van der Waals surface area contributed by atoms with Crippen LogP contribution in [0.2, 0.25) is 0 Å². The zero-order valence-electron chi connectivity index (χ0n) is 32.8. The first-order valence-electron chi connectivity index (χ1n) is 20.7. The maximum Gasteiger partial charge on any atom is 0.165 e. The van der Waals surface area contributed by atoms with Gasteiger partial charge in [-0.1, -0.05) is 115 Å². The number of nitrogens with zero attached hydrogens (tertiary/aromatic N) is 4. The summed E-state index contributed by atoms with van der Waals surface area (Å²) < 4.78 is 13.6. The molecule has 7 heteroatoms. The lowest BCUT2D eigenvalue weighted by Crippen LogP contribution is -2.01. The molecule has 5 aromatic heterocycles. The number of thiophene rings is 2. The number of aromatic nitrogens is 4. The van der Waals surface area contributed by atoms with Crippen molar-refractivity contribution in [2.45, 2.75) is 0 Å². The van der Waals surface area contributed by atoms with E-state index in [4.69, 9.17) is 19.4 Å². The number of fused-ring (bicyclic) bond motifs is 13. The SMILES string of the molecule is c1ccc2cc3c(cc2c1)c1ccccc1n3-c1cc(-c2nc(-c3ccc4c(c3)oc3ccccc34)nc(-c3ccc4c(c3)sc3ccccc34)n2)c2sc3ccccc3c2c1. The second-order valence-corrected chi connectivity index (χ2v) is 18.1. The van der Waals surface area contributed by atoms with E-state index in [0.29, 0.717) is 17.5 Å². The van der Waals surface area contributed by atoms with Gasteiger partial charge in [-0.05, 0) is 77.5 Å². The monoisotopic (exact) mass is 826 g/mol. The Morgan fingerprint density at radius 2 is 0.968 bits per heavy atom. The fraction of sp³-hybridized carbons (Fsp3) is 0. The summed E-state index contributed by atoms with van der Waals surface area (Å²) in [5.74, 6) is 1.83. The van der Waals surface area contributed by atoms with E-state index in [0.717, 1.165) is 60.0 Å². The maximum atomic E-state index is 6.40.